The summed E-state index contributed by atoms with van der Waals surface area (Å²) in [7, 11) is 0. The van der Waals surface area contributed by atoms with E-state index in [1.165, 1.54) is 0 Å². The summed E-state index contributed by atoms with van der Waals surface area (Å²) < 4.78 is 11.5. The van der Waals surface area contributed by atoms with Crippen LogP contribution >= 0.6 is 11.6 Å². The molecule has 1 saturated carbocycles. The lowest BCUT2D eigenvalue weighted by Gasteiger charge is -2.36. The fourth-order valence-corrected chi connectivity index (χ4v) is 2.89. The van der Waals surface area contributed by atoms with Crippen LogP contribution in [0.1, 0.15) is 38.5 Å². The molecule has 1 unspecified atom stereocenters. The molecule has 2 fully saturated rings. The average molecular weight is 247 g/mol. The standard InChI is InChI=1S/C12H19ClO3/c13-7-3-6-12(15-8-9-16-12)10-4-1-2-5-11(10)14/h10H,1-9H2. The van der Waals surface area contributed by atoms with Crippen molar-refractivity contribution in [1.29, 1.82) is 0 Å². The summed E-state index contributed by atoms with van der Waals surface area (Å²) in [6, 6.07) is 0. The first-order valence-electron chi connectivity index (χ1n) is 6.15. The van der Waals surface area contributed by atoms with Crippen LogP contribution in [-0.2, 0) is 14.3 Å². The van der Waals surface area contributed by atoms with Gasteiger partial charge in [-0.1, -0.05) is 6.42 Å². The molecule has 0 aromatic carbocycles. The molecule has 1 saturated heterocycles. The summed E-state index contributed by atoms with van der Waals surface area (Å²) in [6.45, 7) is 1.21. The second-order valence-electron chi connectivity index (χ2n) is 4.57. The van der Waals surface area contributed by atoms with Gasteiger partial charge in [-0.15, -0.1) is 11.6 Å². The second kappa shape index (κ2) is 5.48. The van der Waals surface area contributed by atoms with Gasteiger partial charge in [0.15, 0.2) is 5.79 Å². The lowest BCUT2D eigenvalue weighted by molar-refractivity contribution is -0.204. The Kier molecular flexibility index (Phi) is 4.22. The number of rotatable bonds is 4. The van der Waals surface area contributed by atoms with Crippen molar-refractivity contribution in [2.24, 2.45) is 5.92 Å². The van der Waals surface area contributed by atoms with Gasteiger partial charge in [-0.05, 0) is 19.3 Å². The van der Waals surface area contributed by atoms with E-state index in [4.69, 9.17) is 21.1 Å². The fourth-order valence-electron chi connectivity index (χ4n) is 2.75. The molecular weight excluding hydrogens is 228 g/mol. The maximum atomic E-state index is 12.0. The van der Waals surface area contributed by atoms with E-state index in [1.807, 2.05) is 0 Å². The number of Topliss-reactive ketones (excluding diaryl/α,β-unsaturated/α-hetero) is 1. The van der Waals surface area contributed by atoms with Crippen molar-refractivity contribution >= 4 is 17.4 Å². The quantitative estimate of drug-likeness (QED) is 0.715. The molecule has 1 aliphatic carbocycles. The van der Waals surface area contributed by atoms with Gasteiger partial charge < -0.3 is 9.47 Å². The molecule has 1 aliphatic heterocycles. The molecule has 1 atom stereocenters. The molecule has 0 spiro atoms. The number of carbonyl (C=O) groups excluding carboxylic acids is 1. The Morgan fingerprint density at radius 2 is 2.06 bits per heavy atom. The fraction of sp³-hybridized carbons (Fsp3) is 0.917. The molecule has 4 heteroatoms. The number of hydrogen-bond donors (Lipinski definition) is 0. The monoisotopic (exact) mass is 246 g/mol. The number of carbonyl (C=O) groups is 1. The highest BCUT2D eigenvalue weighted by Gasteiger charge is 2.47. The third-order valence-corrected chi connectivity index (χ3v) is 3.79. The molecule has 0 aromatic heterocycles. The van der Waals surface area contributed by atoms with E-state index < -0.39 is 5.79 Å². The van der Waals surface area contributed by atoms with Crippen LogP contribution in [0.3, 0.4) is 0 Å². The molecule has 2 rings (SSSR count). The summed E-state index contributed by atoms with van der Waals surface area (Å²) in [5.41, 5.74) is 0. The Bertz CT molecular complexity index is 249. The SMILES string of the molecule is O=C1CCCCC1C1(CCCCl)OCCO1. The summed E-state index contributed by atoms with van der Waals surface area (Å²) in [4.78, 5) is 12.0. The second-order valence-corrected chi connectivity index (χ2v) is 4.94. The Morgan fingerprint density at radius 1 is 1.31 bits per heavy atom. The minimum absolute atomic E-state index is 0.0630. The third-order valence-electron chi connectivity index (χ3n) is 3.52. The van der Waals surface area contributed by atoms with E-state index in [0.717, 1.165) is 32.1 Å². The molecule has 2 aliphatic rings. The number of ether oxygens (including phenoxy) is 2. The van der Waals surface area contributed by atoms with Crippen molar-refractivity contribution in [2.75, 3.05) is 19.1 Å². The van der Waals surface area contributed by atoms with Crippen LogP contribution < -0.4 is 0 Å². The molecule has 1 heterocycles. The van der Waals surface area contributed by atoms with Crippen LogP contribution in [0.2, 0.25) is 0 Å². The minimum atomic E-state index is -0.646. The first kappa shape index (κ1) is 12.3. The van der Waals surface area contributed by atoms with Crippen LogP contribution in [0.15, 0.2) is 0 Å². The van der Waals surface area contributed by atoms with Crippen molar-refractivity contribution in [3.05, 3.63) is 0 Å². The molecule has 0 aromatic rings. The van der Waals surface area contributed by atoms with Gasteiger partial charge in [-0.2, -0.15) is 0 Å². The highest BCUT2D eigenvalue weighted by Crippen LogP contribution is 2.39. The zero-order chi connectivity index (χ0) is 11.4. The lowest BCUT2D eigenvalue weighted by Crippen LogP contribution is -2.45. The molecule has 0 radical (unpaired) electrons. The van der Waals surface area contributed by atoms with Crippen LogP contribution in [-0.4, -0.2) is 30.7 Å². The maximum Gasteiger partial charge on any atom is 0.178 e. The number of alkyl halides is 1. The molecule has 0 bridgehead atoms. The van der Waals surface area contributed by atoms with Crippen molar-refractivity contribution in [3.63, 3.8) is 0 Å². The van der Waals surface area contributed by atoms with Crippen LogP contribution in [0.25, 0.3) is 0 Å². The van der Waals surface area contributed by atoms with E-state index in [9.17, 15) is 4.79 Å². The molecule has 0 N–H and O–H groups in total. The first-order valence-corrected chi connectivity index (χ1v) is 6.68. The van der Waals surface area contributed by atoms with Gasteiger partial charge in [0.1, 0.15) is 5.78 Å². The zero-order valence-corrected chi connectivity index (χ0v) is 10.3. The minimum Gasteiger partial charge on any atom is -0.347 e. The van der Waals surface area contributed by atoms with Gasteiger partial charge in [0, 0.05) is 18.7 Å². The predicted octanol–water partition coefficient (Wildman–Crippen LogP) is 2.51. The lowest BCUT2D eigenvalue weighted by atomic mass is 9.80. The largest absolute Gasteiger partial charge is 0.347 e. The van der Waals surface area contributed by atoms with Gasteiger partial charge in [0.25, 0.3) is 0 Å². The van der Waals surface area contributed by atoms with E-state index in [2.05, 4.69) is 0 Å². The van der Waals surface area contributed by atoms with E-state index >= 15 is 0 Å². The number of halogens is 1. The highest BCUT2D eigenvalue weighted by molar-refractivity contribution is 6.17. The molecule has 92 valence electrons. The average Bonchev–Trinajstić information content (AvgIpc) is 2.77. The van der Waals surface area contributed by atoms with E-state index in [1.54, 1.807) is 0 Å². The summed E-state index contributed by atoms with van der Waals surface area (Å²) in [5.74, 6) is 0.191. The van der Waals surface area contributed by atoms with Crippen LogP contribution in [0.5, 0.6) is 0 Å². The van der Waals surface area contributed by atoms with E-state index in [-0.39, 0.29) is 5.92 Å². The third kappa shape index (κ3) is 2.41. The van der Waals surface area contributed by atoms with Gasteiger partial charge in [-0.3, -0.25) is 4.79 Å². The molecule has 3 nitrogen and oxygen atoms in total. The predicted molar refractivity (Wildman–Crippen MR) is 61.6 cm³/mol. The van der Waals surface area contributed by atoms with Crippen LogP contribution in [0.4, 0.5) is 0 Å². The van der Waals surface area contributed by atoms with Crippen molar-refractivity contribution in [3.8, 4) is 0 Å². The van der Waals surface area contributed by atoms with E-state index in [0.29, 0.717) is 31.3 Å². The molecular formula is C12H19ClO3. The van der Waals surface area contributed by atoms with Crippen LogP contribution in [0, 0.1) is 5.92 Å². The van der Waals surface area contributed by atoms with Gasteiger partial charge in [-0.25, -0.2) is 0 Å². The number of ketones is 1. The van der Waals surface area contributed by atoms with Crippen molar-refractivity contribution in [1.82, 2.24) is 0 Å². The topological polar surface area (TPSA) is 35.5 Å². The normalized spacial score (nSPS) is 29.6. The molecule has 16 heavy (non-hydrogen) atoms. The summed E-state index contributed by atoms with van der Waals surface area (Å²) in [6.07, 6.45) is 5.28. The highest BCUT2D eigenvalue weighted by atomic mass is 35.5. The Morgan fingerprint density at radius 3 is 2.69 bits per heavy atom. The van der Waals surface area contributed by atoms with Gasteiger partial charge >= 0.3 is 0 Å². The van der Waals surface area contributed by atoms with Gasteiger partial charge in [0.05, 0.1) is 19.1 Å². The van der Waals surface area contributed by atoms with Crippen molar-refractivity contribution in [2.45, 2.75) is 44.3 Å². The summed E-state index contributed by atoms with van der Waals surface area (Å²) in [5, 5.41) is 0. The maximum absolute atomic E-state index is 12.0. The smallest absolute Gasteiger partial charge is 0.178 e. The Hall–Kier alpha value is -0.120. The number of hydrogen-bond acceptors (Lipinski definition) is 3. The Balaban J connectivity index is 2.07. The molecule has 0 amide bonds. The summed E-state index contributed by atoms with van der Waals surface area (Å²) >= 11 is 5.72. The van der Waals surface area contributed by atoms with Crippen molar-refractivity contribution < 1.29 is 14.3 Å². The first-order chi connectivity index (χ1) is 7.78. The van der Waals surface area contributed by atoms with Gasteiger partial charge in [0.2, 0.25) is 0 Å². The zero-order valence-electron chi connectivity index (χ0n) is 9.54. The Labute approximate surface area is 101 Å².